The van der Waals surface area contributed by atoms with Crippen molar-refractivity contribution in [2.75, 3.05) is 0 Å². The van der Waals surface area contributed by atoms with E-state index in [1.807, 2.05) is 0 Å². The quantitative estimate of drug-likeness (QED) is 0.436. The van der Waals surface area contributed by atoms with E-state index in [0.717, 1.165) is 12.1 Å². The number of benzene rings is 2. The van der Waals surface area contributed by atoms with Crippen LogP contribution in [0.5, 0.6) is 0 Å². The fraction of sp³-hybridized carbons (Fsp3) is 0.200. The van der Waals surface area contributed by atoms with E-state index < -0.39 is 23.3 Å². The Morgan fingerprint density at radius 2 is 1.87 bits per heavy atom. The van der Waals surface area contributed by atoms with Gasteiger partial charge in [-0.05, 0) is 42.3 Å². The Balaban J connectivity index is 2.59. The fourth-order valence-electron chi connectivity index (χ4n) is 2.26. The summed E-state index contributed by atoms with van der Waals surface area (Å²) in [6, 6.07) is 7.38. The maximum Gasteiger partial charge on any atom is 0.142 e. The molecule has 8 heteroatoms. The van der Waals surface area contributed by atoms with Gasteiger partial charge in [0.15, 0.2) is 0 Å². The SMILES string of the molecule is C[C@](N=[N+]=[N-])(c1ccc(Cl)cc1F)[C@H](O)c1ccc(Cl)c(F)c1. The Labute approximate surface area is 140 Å². The second-order valence-corrected chi connectivity index (χ2v) is 5.88. The molecule has 0 amide bonds. The van der Waals surface area contributed by atoms with E-state index in [9.17, 15) is 13.9 Å². The van der Waals surface area contributed by atoms with Crippen LogP contribution in [0.3, 0.4) is 0 Å². The van der Waals surface area contributed by atoms with Gasteiger partial charge in [-0.2, -0.15) is 0 Å². The summed E-state index contributed by atoms with van der Waals surface area (Å²) in [5.41, 5.74) is 7.13. The summed E-state index contributed by atoms with van der Waals surface area (Å²) >= 11 is 11.3. The van der Waals surface area contributed by atoms with E-state index in [2.05, 4.69) is 10.0 Å². The molecule has 2 aromatic rings. The molecule has 2 aromatic carbocycles. The van der Waals surface area contributed by atoms with Gasteiger partial charge in [0.1, 0.15) is 17.2 Å². The topological polar surface area (TPSA) is 69.0 Å². The van der Waals surface area contributed by atoms with Crippen LogP contribution in [0, 0.1) is 11.6 Å². The minimum absolute atomic E-state index is 0.0671. The standard InChI is InChI=1S/C15H11Cl2F2N3O/c1-15(21-22-20,10-4-3-9(16)7-12(10)18)14(23)8-2-5-11(17)13(19)6-8/h2-7,14,23H,1H3/t14-,15+/m1/s1. The van der Waals surface area contributed by atoms with Crippen molar-refractivity contribution in [3.8, 4) is 0 Å². The lowest BCUT2D eigenvalue weighted by Crippen LogP contribution is -2.29. The number of azide groups is 1. The summed E-state index contributed by atoms with van der Waals surface area (Å²) in [6.45, 7) is 1.34. The Bertz CT molecular complexity index is 796. The van der Waals surface area contributed by atoms with Gasteiger partial charge in [-0.3, -0.25) is 0 Å². The lowest BCUT2D eigenvalue weighted by atomic mass is 9.83. The molecule has 0 heterocycles. The molecule has 0 unspecified atom stereocenters. The van der Waals surface area contributed by atoms with Gasteiger partial charge in [0.25, 0.3) is 0 Å². The molecule has 2 rings (SSSR count). The molecule has 0 saturated carbocycles. The smallest absolute Gasteiger partial charge is 0.142 e. The van der Waals surface area contributed by atoms with Crippen LogP contribution in [-0.4, -0.2) is 5.11 Å². The molecule has 4 nitrogen and oxygen atoms in total. The van der Waals surface area contributed by atoms with Crippen LogP contribution in [0.25, 0.3) is 10.4 Å². The normalized spacial score (nSPS) is 14.7. The highest BCUT2D eigenvalue weighted by Gasteiger charge is 2.37. The third kappa shape index (κ3) is 3.41. The van der Waals surface area contributed by atoms with Gasteiger partial charge in [0, 0.05) is 15.5 Å². The Kier molecular flexibility index (Phi) is 5.12. The van der Waals surface area contributed by atoms with Crippen molar-refractivity contribution in [2.45, 2.75) is 18.6 Å². The van der Waals surface area contributed by atoms with Gasteiger partial charge in [0.05, 0.1) is 11.1 Å². The van der Waals surface area contributed by atoms with Gasteiger partial charge in [-0.1, -0.05) is 40.4 Å². The average Bonchev–Trinajstić information content (AvgIpc) is 2.49. The van der Waals surface area contributed by atoms with Crippen LogP contribution in [0.15, 0.2) is 41.5 Å². The first-order chi connectivity index (χ1) is 10.8. The molecule has 0 aromatic heterocycles. The summed E-state index contributed by atoms with van der Waals surface area (Å²) in [5, 5.41) is 14.1. The Morgan fingerprint density at radius 1 is 1.17 bits per heavy atom. The fourth-order valence-corrected chi connectivity index (χ4v) is 2.53. The lowest BCUT2D eigenvalue weighted by Gasteiger charge is -2.31. The number of hydrogen-bond acceptors (Lipinski definition) is 2. The van der Waals surface area contributed by atoms with Gasteiger partial charge in [-0.15, -0.1) is 0 Å². The maximum absolute atomic E-state index is 14.2. The molecule has 0 saturated heterocycles. The predicted molar refractivity (Wildman–Crippen MR) is 84.3 cm³/mol. The average molecular weight is 358 g/mol. The van der Waals surface area contributed by atoms with Gasteiger partial charge >= 0.3 is 0 Å². The first kappa shape index (κ1) is 17.5. The van der Waals surface area contributed by atoms with Crippen LogP contribution < -0.4 is 0 Å². The van der Waals surface area contributed by atoms with Crippen LogP contribution in [-0.2, 0) is 5.54 Å². The van der Waals surface area contributed by atoms with Crippen LogP contribution >= 0.6 is 23.2 Å². The highest BCUT2D eigenvalue weighted by atomic mass is 35.5. The van der Waals surface area contributed by atoms with Crippen molar-refractivity contribution in [1.29, 1.82) is 0 Å². The lowest BCUT2D eigenvalue weighted by molar-refractivity contribution is 0.0908. The minimum atomic E-state index is -1.70. The number of hydrogen-bond donors (Lipinski definition) is 1. The molecule has 0 radical (unpaired) electrons. The summed E-state index contributed by atoms with van der Waals surface area (Å²) in [4.78, 5) is 2.68. The summed E-state index contributed by atoms with van der Waals surface area (Å²) in [5.74, 6) is -1.50. The molecule has 2 atom stereocenters. The van der Waals surface area contributed by atoms with Crippen molar-refractivity contribution in [3.63, 3.8) is 0 Å². The number of nitrogens with zero attached hydrogens (tertiary/aromatic N) is 3. The van der Waals surface area contributed by atoms with Crippen LogP contribution in [0.2, 0.25) is 10.0 Å². The third-order valence-corrected chi connectivity index (χ3v) is 4.06. The van der Waals surface area contributed by atoms with Crippen LogP contribution in [0.4, 0.5) is 8.78 Å². The van der Waals surface area contributed by atoms with E-state index in [-0.39, 0.29) is 21.2 Å². The molecular weight excluding hydrogens is 347 g/mol. The molecular formula is C15H11Cl2F2N3O. The Morgan fingerprint density at radius 3 is 2.43 bits per heavy atom. The highest BCUT2D eigenvalue weighted by molar-refractivity contribution is 6.30. The predicted octanol–water partition coefficient (Wildman–Crippen LogP) is 5.53. The minimum Gasteiger partial charge on any atom is -0.387 e. The first-order valence-electron chi connectivity index (χ1n) is 6.44. The summed E-state index contributed by atoms with van der Waals surface area (Å²) in [6.07, 6.45) is -1.50. The van der Waals surface area contributed by atoms with Crippen molar-refractivity contribution >= 4 is 23.2 Å². The first-order valence-corrected chi connectivity index (χ1v) is 7.20. The van der Waals surface area contributed by atoms with Crippen molar-refractivity contribution in [3.05, 3.63) is 79.6 Å². The van der Waals surface area contributed by atoms with E-state index in [1.54, 1.807) is 0 Å². The molecule has 0 bridgehead atoms. The molecule has 0 aliphatic carbocycles. The molecule has 0 aliphatic heterocycles. The third-order valence-electron chi connectivity index (χ3n) is 3.52. The van der Waals surface area contributed by atoms with Crippen molar-refractivity contribution in [1.82, 2.24) is 0 Å². The molecule has 120 valence electrons. The number of rotatable bonds is 4. The summed E-state index contributed by atoms with van der Waals surface area (Å²) in [7, 11) is 0. The monoisotopic (exact) mass is 357 g/mol. The van der Waals surface area contributed by atoms with E-state index in [0.29, 0.717) is 0 Å². The zero-order valence-electron chi connectivity index (χ0n) is 11.8. The van der Waals surface area contributed by atoms with Gasteiger partial charge in [-0.25, -0.2) is 8.78 Å². The molecule has 0 fully saturated rings. The highest BCUT2D eigenvalue weighted by Crippen LogP contribution is 2.41. The molecule has 0 aliphatic rings. The maximum atomic E-state index is 14.2. The van der Waals surface area contributed by atoms with E-state index in [4.69, 9.17) is 28.7 Å². The van der Waals surface area contributed by atoms with Crippen LogP contribution in [0.1, 0.15) is 24.2 Å². The second-order valence-electron chi connectivity index (χ2n) is 5.04. The Hall–Kier alpha value is -1.85. The molecule has 23 heavy (non-hydrogen) atoms. The summed E-state index contributed by atoms with van der Waals surface area (Å²) < 4.78 is 27.8. The number of aliphatic hydroxyl groups excluding tert-OH is 1. The molecule has 0 spiro atoms. The number of aliphatic hydroxyl groups is 1. The largest absolute Gasteiger partial charge is 0.387 e. The van der Waals surface area contributed by atoms with Gasteiger partial charge in [0.2, 0.25) is 0 Å². The van der Waals surface area contributed by atoms with E-state index >= 15 is 0 Å². The zero-order valence-corrected chi connectivity index (χ0v) is 13.4. The van der Waals surface area contributed by atoms with E-state index in [1.165, 1.54) is 31.2 Å². The van der Waals surface area contributed by atoms with Gasteiger partial charge < -0.3 is 5.11 Å². The van der Waals surface area contributed by atoms with Crippen molar-refractivity contribution in [2.24, 2.45) is 5.11 Å². The zero-order chi connectivity index (χ0) is 17.2. The number of halogens is 4. The second kappa shape index (κ2) is 6.72. The van der Waals surface area contributed by atoms with Crippen molar-refractivity contribution < 1.29 is 13.9 Å². The molecule has 1 N–H and O–H groups in total.